The third kappa shape index (κ3) is 6.41. The molecule has 1 heteroatoms. The number of aliphatic hydroxyl groups is 1. The van der Waals surface area contributed by atoms with Crippen molar-refractivity contribution in [2.24, 2.45) is 11.8 Å². The first-order valence-corrected chi connectivity index (χ1v) is 4.81. The van der Waals surface area contributed by atoms with Crippen LogP contribution in [0, 0.1) is 11.8 Å². The second-order valence-corrected chi connectivity index (χ2v) is 4.12. The van der Waals surface area contributed by atoms with E-state index in [4.69, 9.17) is 5.11 Å². The molecule has 1 N–H and O–H groups in total. The number of rotatable bonds is 6. The molecule has 0 bridgehead atoms. The quantitative estimate of drug-likeness (QED) is 0.608. The maximum atomic E-state index is 8.84. The first-order valence-electron chi connectivity index (χ1n) is 4.81. The summed E-state index contributed by atoms with van der Waals surface area (Å²) in [4.78, 5) is 0. The summed E-state index contributed by atoms with van der Waals surface area (Å²) in [6.07, 6.45) is 3.46. The van der Waals surface area contributed by atoms with Crippen LogP contribution in [0.25, 0.3) is 0 Å². The van der Waals surface area contributed by atoms with E-state index in [0.717, 1.165) is 12.8 Å². The highest BCUT2D eigenvalue weighted by atomic mass is 16.3. The molecule has 0 aliphatic rings. The van der Waals surface area contributed by atoms with Gasteiger partial charge in [0.2, 0.25) is 0 Å². The lowest BCUT2D eigenvalue weighted by Gasteiger charge is -2.14. The van der Waals surface area contributed by atoms with Crippen LogP contribution in [-0.4, -0.2) is 11.7 Å². The normalized spacial score (nSPS) is 15.7. The topological polar surface area (TPSA) is 20.2 Å². The van der Waals surface area contributed by atoms with Crippen LogP contribution in [-0.2, 0) is 0 Å². The van der Waals surface area contributed by atoms with E-state index in [1.807, 2.05) is 0 Å². The van der Waals surface area contributed by atoms with E-state index in [-0.39, 0.29) is 0 Å². The summed E-state index contributed by atoms with van der Waals surface area (Å²) in [5.41, 5.74) is 1.26. The number of hydrogen-bond acceptors (Lipinski definition) is 1. The molecule has 0 fully saturated rings. The zero-order chi connectivity index (χ0) is 9.56. The summed E-state index contributed by atoms with van der Waals surface area (Å²) in [7, 11) is 0. The maximum Gasteiger partial charge on any atom is 0.0456 e. The van der Waals surface area contributed by atoms with Crippen molar-refractivity contribution in [1.29, 1.82) is 0 Å². The molecule has 1 nitrogen and oxygen atoms in total. The molecule has 0 aromatic rings. The molecule has 2 atom stereocenters. The highest BCUT2D eigenvalue weighted by molar-refractivity contribution is 4.87. The van der Waals surface area contributed by atoms with Crippen LogP contribution in [0.4, 0.5) is 0 Å². The first-order chi connectivity index (χ1) is 5.56. The highest BCUT2D eigenvalue weighted by Gasteiger charge is 2.07. The predicted molar refractivity (Wildman–Crippen MR) is 54.1 cm³/mol. The minimum absolute atomic E-state index is 0.317. The number of allylic oxidation sites excluding steroid dienone is 1. The Bertz CT molecular complexity index is 129. The van der Waals surface area contributed by atoms with Gasteiger partial charge in [-0.15, -0.1) is 6.58 Å². The van der Waals surface area contributed by atoms with Crippen molar-refractivity contribution < 1.29 is 5.11 Å². The summed E-state index contributed by atoms with van der Waals surface area (Å²) < 4.78 is 0. The van der Waals surface area contributed by atoms with Gasteiger partial charge in [0.15, 0.2) is 0 Å². The molecular formula is C11H22O. The van der Waals surface area contributed by atoms with Gasteiger partial charge in [0.25, 0.3) is 0 Å². The Labute approximate surface area is 76.5 Å². The third-order valence-corrected chi connectivity index (χ3v) is 2.18. The first kappa shape index (κ1) is 11.7. The Kier molecular flexibility index (Phi) is 6.09. The molecule has 12 heavy (non-hydrogen) atoms. The van der Waals surface area contributed by atoms with Crippen LogP contribution in [0.5, 0.6) is 0 Å². The molecule has 0 aliphatic heterocycles. The SMILES string of the molecule is C=C(C)CCC(C)CC(C)CO. The Morgan fingerprint density at radius 1 is 1.33 bits per heavy atom. The summed E-state index contributed by atoms with van der Waals surface area (Å²) in [6.45, 7) is 10.6. The largest absolute Gasteiger partial charge is 0.396 e. The molecule has 0 amide bonds. The Hall–Kier alpha value is -0.300. The van der Waals surface area contributed by atoms with Gasteiger partial charge in [0.05, 0.1) is 0 Å². The minimum Gasteiger partial charge on any atom is -0.396 e. The fourth-order valence-electron chi connectivity index (χ4n) is 1.37. The van der Waals surface area contributed by atoms with Crippen molar-refractivity contribution in [2.45, 2.75) is 40.0 Å². The van der Waals surface area contributed by atoms with Crippen LogP contribution in [0.1, 0.15) is 40.0 Å². The van der Waals surface area contributed by atoms with E-state index >= 15 is 0 Å². The van der Waals surface area contributed by atoms with Gasteiger partial charge in [0.1, 0.15) is 0 Å². The zero-order valence-corrected chi connectivity index (χ0v) is 8.64. The van der Waals surface area contributed by atoms with Gasteiger partial charge < -0.3 is 5.11 Å². The zero-order valence-electron chi connectivity index (χ0n) is 8.64. The van der Waals surface area contributed by atoms with E-state index in [1.165, 1.54) is 12.0 Å². The average molecular weight is 170 g/mol. The Morgan fingerprint density at radius 2 is 1.92 bits per heavy atom. The van der Waals surface area contributed by atoms with Crippen molar-refractivity contribution in [3.8, 4) is 0 Å². The fourth-order valence-corrected chi connectivity index (χ4v) is 1.37. The molecule has 2 unspecified atom stereocenters. The van der Waals surface area contributed by atoms with Crippen molar-refractivity contribution in [1.82, 2.24) is 0 Å². The van der Waals surface area contributed by atoms with Crippen LogP contribution < -0.4 is 0 Å². The molecule has 0 saturated carbocycles. The lowest BCUT2D eigenvalue weighted by Crippen LogP contribution is -2.06. The van der Waals surface area contributed by atoms with E-state index < -0.39 is 0 Å². The molecule has 0 aliphatic carbocycles. The van der Waals surface area contributed by atoms with E-state index in [0.29, 0.717) is 18.4 Å². The van der Waals surface area contributed by atoms with E-state index in [1.54, 1.807) is 0 Å². The van der Waals surface area contributed by atoms with Gasteiger partial charge in [0, 0.05) is 6.61 Å². The lowest BCUT2D eigenvalue weighted by atomic mass is 9.93. The lowest BCUT2D eigenvalue weighted by molar-refractivity contribution is 0.213. The standard InChI is InChI=1S/C11H22O/c1-9(2)5-6-10(3)7-11(4)8-12/h10-12H,1,5-8H2,2-4H3. The molecule has 0 saturated heterocycles. The van der Waals surface area contributed by atoms with Crippen molar-refractivity contribution in [2.75, 3.05) is 6.61 Å². The van der Waals surface area contributed by atoms with Crippen LogP contribution >= 0.6 is 0 Å². The van der Waals surface area contributed by atoms with Crippen molar-refractivity contribution in [3.63, 3.8) is 0 Å². The van der Waals surface area contributed by atoms with Crippen LogP contribution in [0.3, 0.4) is 0 Å². The second kappa shape index (κ2) is 6.24. The van der Waals surface area contributed by atoms with Gasteiger partial charge in [-0.1, -0.05) is 19.4 Å². The predicted octanol–water partition coefficient (Wildman–Crippen LogP) is 3.00. The second-order valence-electron chi connectivity index (χ2n) is 4.12. The fraction of sp³-hybridized carbons (Fsp3) is 0.818. The molecule has 72 valence electrons. The molecule has 0 rings (SSSR count). The van der Waals surface area contributed by atoms with Gasteiger partial charge in [-0.05, 0) is 38.0 Å². The monoisotopic (exact) mass is 170 g/mol. The Morgan fingerprint density at radius 3 is 2.33 bits per heavy atom. The Balaban J connectivity index is 3.45. The van der Waals surface area contributed by atoms with Crippen molar-refractivity contribution in [3.05, 3.63) is 12.2 Å². The summed E-state index contributed by atoms with van der Waals surface area (Å²) in [6, 6.07) is 0. The van der Waals surface area contributed by atoms with E-state index in [9.17, 15) is 0 Å². The van der Waals surface area contributed by atoms with Gasteiger partial charge in [-0.25, -0.2) is 0 Å². The molecule has 0 heterocycles. The molecule has 0 radical (unpaired) electrons. The molecule has 0 aromatic carbocycles. The van der Waals surface area contributed by atoms with Crippen LogP contribution in [0.15, 0.2) is 12.2 Å². The van der Waals surface area contributed by atoms with Crippen molar-refractivity contribution >= 4 is 0 Å². The van der Waals surface area contributed by atoms with E-state index in [2.05, 4.69) is 27.4 Å². The number of hydrogen-bond donors (Lipinski definition) is 1. The summed E-state index contributed by atoms with van der Waals surface area (Å²) in [5, 5.41) is 8.84. The van der Waals surface area contributed by atoms with Gasteiger partial charge >= 0.3 is 0 Å². The third-order valence-electron chi connectivity index (χ3n) is 2.18. The van der Waals surface area contributed by atoms with Gasteiger partial charge in [-0.2, -0.15) is 0 Å². The van der Waals surface area contributed by atoms with Gasteiger partial charge in [-0.3, -0.25) is 0 Å². The van der Waals surface area contributed by atoms with Crippen LogP contribution in [0.2, 0.25) is 0 Å². The highest BCUT2D eigenvalue weighted by Crippen LogP contribution is 2.18. The average Bonchev–Trinajstić information content (AvgIpc) is 2.00. The summed E-state index contributed by atoms with van der Waals surface area (Å²) in [5.74, 6) is 1.16. The smallest absolute Gasteiger partial charge is 0.0456 e. The summed E-state index contributed by atoms with van der Waals surface area (Å²) >= 11 is 0. The maximum absolute atomic E-state index is 8.84. The molecular weight excluding hydrogens is 148 g/mol. The number of aliphatic hydroxyl groups excluding tert-OH is 1. The molecule has 0 aromatic heterocycles. The minimum atomic E-state index is 0.317. The molecule has 0 spiro atoms.